The van der Waals surface area contributed by atoms with Gasteiger partial charge in [-0.15, -0.1) is 0 Å². The Bertz CT molecular complexity index is 398. The average Bonchev–Trinajstić information content (AvgIpc) is 2.35. The molecule has 3 N–H and O–H groups in total. The van der Waals surface area contributed by atoms with E-state index in [2.05, 4.69) is 31.1 Å². The Hall–Kier alpha value is -1.42. The molecule has 1 rings (SSSR count). The molecular weight excluding hydrogens is 238 g/mol. The van der Waals surface area contributed by atoms with Gasteiger partial charge in [-0.2, -0.15) is 0 Å². The van der Waals surface area contributed by atoms with Crippen LogP contribution >= 0.6 is 0 Å². The SMILES string of the molecule is CC(NC(=O)C(CN)CC(C)(C)C)c1ccncc1. The first-order valence-electron chi connectivity index (χ1n) is 6.74. The number of carbonyl (C=O) groups is 1. The van der Waals surface area contributed by atoms with Gasteiger partial charge in [-0.05, 0) is 36.5 Å². The summed E-state index contributed by atoms with van der Waals surface area (Å²) in [7, 11) is 0. The van der Waals surface area contributed by atoms with Gasteiger partial charge in [0.2, 0.25) is 5.91 Å². The fraction of sp³-hybridized carbons (Fsp3) is 0.600. The molecule has 0 aliphatic heterocycles. The Morgan fingerprint density at radius 3 is 2.42 bits per heavy atom. The Kier molecular flexibility index (Phi) is 5.48. The van der Waals surface area contributed by atoms with E-state index in [1.165, 1.54) is 0 Å². The molecule has 1 amide bonds. The molecule has 0 aromatic carbocycles. The van der Waals surface area contributed by atoms with Crippen molar-refractivity contribution in [3.8, 4) is 0 Å². The lowest BCUT2D eigenvalue weighted by Crippen LogP contribution is -2.38. The molecular formula is C15H25N3O. The zero-order valence-electron chi connectivity index (χ0n) is 12.3. The first-order chi connectivity index (χ1) is 8.83. The van der Waals surface area contributed by atoms with Gasteiger partial charge in [0.15, 0.2) is 0 Å². The number of carbonyl (C=O) groups excluding carboxylic acids is 1. The standard InChI is InChI=1S/C15H25N3O/c1-11(12-5-7-17-8-6-12)18-14(19)13(10-16)9-15(2,3)4/h5-8,11,13H,9-10,16H2,1-4H3,(H,18,19). The number of rotatable bonds is 5. The Morgan fingerprint density at radius 2 is 1.95 bits per heavy atom. The first-order valence-corrected chi connectivity index (χ1v) is 6.74. The molecule has 4 nitrogen and oxygen atoms in total. The lowest BCUT2D eigenvalue weighted by Gasteiger charge is -2.25. The number of amides is 1. The molecule has 0 spiro atoms. The van der Waals surface area contributed by atoms with Gasteiger partial charge in [0.1, 0.15) is 0 Å². The van der Waals surface area contributed by atoms with Crippen molar-refractivity contribution in [2.45, 2.75) is 40.2 Å². The van der Waals surface area contributed by atoms with E-state index in [9.17, 15) is 4.79 Å². The smallest absolute Gasteiger partial charge is 0.224 e. The van der Waals surface area contributed by atoms with E-state index in [-0.39, 0.29) is 23.3 Å². The van der Waals surface area contributed by atoms with Crippen molar-refractivity contribution in [1.29, 1.82) is 0 Å². The summed E-state index contributed by atoms with van der Waals surface area (Å²) in [6.45, 7) is 8.71. The summed E-state index contributed by atoms with van der Waals surface area (Å²) in [5.41, 5.74) is 6.87. The van der Waals surface area contributed by atoms with Crippen molar-refractivity contribution in [3.05, 3.63) is 30.1 Å². The highest BCUT2D eigenvalue weighted by Crippen LogP contribution is 2.24. The van der Waals surface area contributed by atoms with E-state index in [0.717, 1.165) is 12.0 Å². The van der Waals surface area contributed by atoms with E-state index in [1.807, 2.05) is 19.1 Å². The average molecular weight is 263 g/mol. The van der Waals surface area contributed by atoms with Gasteiger partial charge < -0.3 is 11.1 Å². The van der Waals surface area contributed by atoms with E-state index in [0.29, 0.717) is 6.54 Å². The Labute approximate surface area is 115 Å². The van der Waals surface area contributed by atoms with Crippen LogP contribution in [0, 0.1) is 11.3 Å². The van der Waals surface area contributed by atoms with Crippen molar-refractivity contribution in [2.75, 3.05) is 6.54 Å². The predicted molar refractivity (Wildman–Crippen MR) is 77.4 cm³/mol. The third-order valence-corrected chi connectivity index (χ3v) is 3.08. The minimum atomic E-state index is -0.135. The van der Waals surface area contributed by atoms with Crippen molar-refractivity contribution in [1.82, 2.24) is 10.3 Å². The minimum absolute atomic E-state index is 0.0236. The highest BCUT2D eigenvalue weighted by Gasteiger charge is 2.24. The second-order valence-electron chi connectivity index (χ2n) is 6.21. The highest BCUT2D eigenvalue weighted by molar-refractivity contribution is 5.79. The van der Waals surface area contributed by atoms with Crippen LogP contribution < -0.4 is 11.1 Å². The van der Waals surface area contributed by atoms with E-state index in [1.54, 1.807) is 12.4 Å². The fourth-order valence-corrected chi connectivity index (χ4v) is 2.09. The fourth-order valence-electron chi connectivity index (χ4n) is 2.09. The van der Waals surface area contributed by atoms with Crippen LogP contribution in [0.25, 0.3) is 0 Å². The molecule has 0 saturated carbocycles. The Balaban J connectivity index is 2.62. The summed E-state index contributed by atoms with van der Waals surface area (Å²) in [4.78, 5) is 16.2. The molecule has 19 heavy (non-hydrogen) atoms. The lowest BCUT2D eigenvalue weighted by atomic mass is 9.84. The van der Waals surface area contributed by atoms with Crippen LogP contribution in [0.4, 0.5) is 0 Å². The zero-order chi connectivity index (χ0) is 14.5. The van der Waals surface area contributed by atoms with Gasteiger partial charge in [0.05, 0.1) is 12.0 Å². The van der Waals surface area contributed by atoms with Crippen molar-refractivity contribution in [2.24, 2.45) is 17.1 Å². The molecule has 0 fully saturated rings. The molecule has 106 valence electrons. The van der Waals surface area contributed by atoms with Gasteiger partial charge in [0, 0.05) is 18.9 Å². The van der Waals surface area contributed by atoms with E-state index in [4.69, 9.17) is 5.73 Å². The van der Waals surface area contributed by atoms with Gasteiger partial charge >= 0.3 is 0 Å². The van der Waals surface area contributed by atoms with Crippen molar-refractivity contribution >= 4 is 5.91 Å². The van der Waals surface area contributed by atoms with Gasteiger partial charge in [0.25, 0.3) is 0 Å². The molecule has 0 radical (unpaired) electrons. The molecule has 0 aliphatic rings. The normalized spacial score (nSPS) is 14.8. The number of hydrogen-bond acceptors (Lipinski definition) is 3. The maximum Gasteiger partial charge on any atom is 0.224 e. The number of nitrogens with zero attached hydrogens (tertiary/aromatic N) is 1. The third-order valence-electron chi connectivity index (χ3n) is 3.08. The molecule has 2 atom stereocenters. The van der Waals surface area contributed by atoms with Gasteiger partial charge in [-0.1, -0.05) is 20.8 Å². The van der Waals surface area contributed by atoms with Crippen LogP contribution in [0.3, 0.4) is 0 Å². The van der Waals surface area contributed by atoms with Crippen LogP contribution in [-0.4, -0.2) is 17.4 Å². The van der Waals surface area contributed by atoms with Crippen molar-refractivity contribution in [3.63, 3.8) is 0 Å². The molecule has 1 aromatic rings. The molecule has 0 saturated heterocycles. The number of pyridine rings is 1. The third kappa shape index (κ3) is 5.39. The quantitative estimate of drug-likeness (QED) is 0.856. The molecule has 0 bridgehead atoms. The second kappa shape index (κ2) is 6.66. The summed E-state index contributed by atoms with van der Waals surface area (Å²) in [5.74, 6) is -0.106. The zero-order valence-corrected chi connectivity index (χ0v) is 12.3. The van der Waals surface area contributed by atoms with Crippen LogP contribution in [0.15, 0.2) is 24.5 Å². The minimum Gasteiger partial charge on any atom is -0.349 e. The number of hydrogen-bond donors (Lipinski definition) is 2. The summed E-state index contributed by atoms with van der Waals surface area (Å²) in [6.07, 6.45) is 4.25. The summed E-state index contributed by atoms with van der Waals surface area (Å²) in [5, 5.41) is 3.02. The van der Waals surface area contributed by atoms with E-state index < -0.39 is 0 Å². The summed E-state index contributed by atoms with van der Waals surface area (Å²) < 4.78 is 0. The van der Waals surface area contributed by atoms with Gasteiger partial charge in [-0.25, -0.2) is 0 Å². The number of nitrogens with one attached hydrogen (secondary N) is 1. The molecule has 2 unspecified atom stereocenters. The molecule has 0 aliphatic carbocycles. The van der Waals surface area contributed by atoms with Crippen molar-refractivity contribution < 1.29 is 4.79 Å². The van der Waals surface area contributed by atoms with Crippen LogP contribution in [0.5, 0.6) is 0 Å². The predicted octanol–water partition coefficient (Wildman–Crippen LogP) is 2.27. The van der Waals surface area contributed by atoms with Gasteiger partial charge in [-0.3, -0.25) is 9.78 Å². The number of nitrogens with two attached hydrogens (primary N) is 1. The first kappa shape index (κ1) is 15.6. The molecule has 4 heteroatoms. The summed E-state index contributed by atoms with van der Waals surface area (Å²) in [6, 6.07) is 3.79. The highest BCUT2D eigenvalue weighted by atomic mass is 16.1. The Morgan fingerprint density at radius 1 is 1.37 bits per heavy atom. The van der Waals surface area contributed by atoms with Crippen LogP contribution in [0.1, 0.15) is 45.7 Å². The number of aromatic nitrogens is 1. The molecule has 1 aromatic heterocycles. The topological polar surface area (TPSA) is 68.0 Å². The maximum absolute atomic E-state index is 12.2. The van der Waals surface area contributed by atoms with Crippen LogP contribution in [0.2, 0.25) is 0 Å². The largest absolute Gasteiger partial charge is 0.349 e. The maximum atomic E-state index is 12.2. The monoisotopic (exact) mass is 263 g/mol. The van der Waals surface area contributed by atoms with Crippen LogP contribution in [-0.2, 0) is 4.79 Å². The van der Waals surface area contributed by atoms with E-state index >= 15 is 0 Å². The lowest BCUT2D eigenvalue weighted by molar-refractivity contribution is -0.126. The second-order valence-corrected chi connectivity index (χ2v) is 6.21. The molecule has 1 heterocycles. The summed E-state index contributed by atoms with van der Waals surface area (Å²) >= 11 is 0.